The minimum Gasteiger partial charge on any atom is -0.456 e. The van der Waals surface area contributed by atoms with Crippen molar-refractivity contribution >= 4 is 65.8 Å². The quantitative estimate of drug-likeness (QED) is 0.188. The van der Waals surface area contributed by atoms with E-state index < -0.39 is 0 Å². The van der Waals surface area contributed by atoms with E-state index in [2.05, 4.69) is 54.6 Å². The zero-order valence-electron chi connectivity index (χ0n) is 27.0. The average Bonchev–Trinajstić information content (AvgIpc) is 3.88. The normalized spacial score (nSPS) is 11.9. The summed E-state index contributed by atoms with van der Waals surface area (Å²) >= 11 is 0. The van der Waals surface area contributed by atoms with Crippen molar-refractivity contribution < 1.29 is 13.3 Å². The number of aromatic nitrogens is 3. The second kappa shape index (κ2) is 10.7. The van der Waals surface area contributed by atoms with Crippen LogP contribution in [0.2, 0.25) is 0 Å². The molecule has 0 aliphatic carbocycles. The van der Waals surface area contributed by atoms with Crippen LogP contribution in [0.1, 0.15) is 0 Å². The lowest BCUT2D eigenvalue weighted by atomic mass is 10.00. The van der Waals surface area contributed by atoms with Crippen LogP contribution in [0.4, 0.5) is 0 Å². The van der Waals surface area contributed by atoms with Crippen LogP contribution in [0.25, 0.3) is 111 Å². The van der Waals surface area contributed by atoms with Crippen molar-refractivity contribution in [3.63, 3.8) is 0 Å². The van der Waals surface area contributed by atoms with Gasteiger partial charge in [-0.1, -0.05) is 97.1 Å². The van der Waals surface area contributed by atoms with E-state index in [4.69, 9.17) is 28.2 Å². The molecule has 0 fully saturated rings. The van der Waals surface area contributed by atoms with Gasteiger partial charge in [0.25, 0.3) is 0 Å². The van der Waals surface area contributed by atoms with E-state index >= 15 is 0 Å². The molecule has 0 bridgehead atoms. The number of nitrogens with zero attached hydrogens (tertiary/aromatic N) is 3. The Labute approximate surface area is 290 Å². The predicted octanol–water partition coefficient (Wildman–Crippen LogP) is 12.2. The number of hydrogen-bond acceptors (Lipinski definition) is 6. The summed E-state index contributed by atoms with van der Waals surface area (Å²) in [6.07, 6.45) is 0. The van der Waals surface area contributed by atoms with Crippen LogP contribution in [0.5, 0.6) is 0 Å². The molecule has 0 amide bonds. The van der Waals surface area contributed by atoms with Crippen LogP contribution in [0, 0.1) is 0 Å². The Morgan fingerprint density at radius 2 is 0.824 bits per heavy atom. The molecule has 7 aromatic carbocycles. The Hall–Kier alpha value is -7.05. The van der Waals surface area contributed by atoms with Gasteiger partial charge in [-0.3, -0.25) is 0 Å². The third-order valence-corrected chi connectivity index (χ3v) is 9.75. The van der Waals surface area contributed by atoms with Gasteiger partial charge in [0, 0.05) is 43.4 Å². The maximum atomic E-state index is 6.60. The zero-order chi connectivity index (χ0) is 33.5. The van der Waals surface area contributed by atoms with E-state index in [1.165, 1.54) is 0 Å². The average molecular weight is 656 g/mol. The Bertz CT molecular complexity index is 3150. The van der Waals surface area contributed by atoms with Gasteiger partial charge in [-0.25, -0.2) is 15.0 Å². The standard InChI is InChI=1S/C45H25N3O3/c1-2-9-26(10-3-1)43-46-44(29-17-20-32-30-11-4-6-15-37(30)50-41(32)25-29)48-45(47-43)34-14-8-13-33-36-24-28(19-22-40(36)51-42(33)34)27-18-21-39-35(23-27)31-12-5-7-16-38(31)49-39/h1-25H. The second-order valence-electron chi connectivity index (χ2n) is 12.8. The summed E-state index contributed by atoms with van der Waals surface area (Å²) in [5, 5.41) is 6.35. The molecule has 11 aromatic rings. The molecule has 4 heterocycles. The Morgan fingerprint density at radius 1 is 0.294 bits per heavy atom. The van der Waals surface area contributed by atoms with Crippen molar-refractivity contribution in [2.45, 2.75) is 0 Å². The number of rotatable bonds is 4. The lowest BCUT2D eigenvalue weighted by Gasteiger charge is -2.09. The number of benzene rings is 7. The fourth-order valence-electron chi connectivity index (χ4n) is 7.27. The van der Waals surface area contributed by atoms with Gasteiger partial charge in [-0.15, -0.1) is 0 Å². The van der Waals surface area contributed by atoms with Crippen LogP contribution >= 0.6 is 0 Å². The first kappa shape index (κ1) is 27.9. The van der Waals surface area contributed by atoms with Gasteiger partial charge in [-0.2, -0.15) is 0 Å². The molecular weight excluding hydrogens is 631 g/mol. The molecule has 0 radical (unpaired) electrons. The summed E-state index contributed by atoms with van der Waals surface area (Å²) in [6.45, 7) is 0. The molecule has 0 unspecified atom stereocenters. The highest BCUT2D eigenvalue weighted by Crippen LogP contribution is 2.39. The third kappa shape index (κ3) is 4.40. The fraction of sp³-hybridized carbons (Fsp3) is 0. The molecule has 11 rings (SSSR count). The zero-order valence-corrected chi connectivity index (χ0v) is 27.0. The van der Waals surface area contributed by atoms with Gasteiger partial charge in [0.15, 0.2) is 17.5 Å². The maximum absolute atomic E-state index is 6.60. The van der Waals surface area contributed by atoms with E-state index in [0.29, 0.717) is 17.5 Å². The van der Waals surface area contributed by atoms with Gasteiger partial charge in [0.1, 0.15) is 33.5 Å². The van der Waals surface area contributed by atoms with E-state index in [1.54, 1.807) is 0 Å². The minimum atomic E-state index is 0.533. The van der Waals surface area contributed by atoms with E-state index in [-0.39, 0.29) is 0 Å². The van der Waals surface area contributed by atoms with E-state index in [9.17, 15) is 0 Å². The van der Waals surface area contributed by atoms with Gasteiger partial charge >= 0.3 is 0 Å². The molecule has 51 heavy (non-hydrogen) atoms. The number of hydrogen-bond donors (Lipinski definition) is 0. The van der Waals surface area contributed by atoms with Gasteiger partial charge in [0.05, 0.1) is 5.56 Å². The summed E-state index contributed by atoms with van der Waals surface area (Å²) in [6, 6.07) is 51.2. The Morgan fingerprint density at radius 3 is 1.59 bits per heavy atom. The van der Waals surface area contributed by atoms with Crippen molar-refractivity contribution in [1.29, 1.82) is 0 Å². The third-order valence-electron chi connectivity index (χ3n) is 9.75. The summed E-state index contributed by atoms with van der Waals surface area (Å²) in [7, 11) is 0. The largest absolute Gasteiger partial charge is 0.456 e. The molecule has 0 N–H and O–H groups in total. The lowest BCUT2D eigenvalue weighted by Crippen LogP contribution is -2.00. The highest BCUT2D eigenvalue weighted by atomic mass is 16.3. The van der Waals surface area contributed by atoms with Gasteiger partial charge in [0.2, 0.25) is 0 Å². The first-order valence-electron chi connectivity index (χ1n) is 16.8. The molecule has 238 valence electrons. The minimum absolute atomic E-state index is 0.533. The molecule has 0 aliphatic rings. The molecule has 0 atom stereocenters. The van der Waals surface area contributed by atoms with Crippen molar-refractivity contribution in [2.24, 2.45) is 0 Å². The first-order chi connectivity index (χ1) is 25.2. The van der Waals surface area contributed by atoms with Crippen molar-refractivity contribution in [3.8, 4) is 45.3 Å². The molecule has 0 aliphatic heterocycles. The molecule has 0 saturated heterocycles. The Kier molecular flexibility index (Phi) is 5.86. The number of furan rings is 3. The van der Waals surface area contributed by atoms with Crippen molar-refractivity contribution in [2.75, 3.05) is 0 Å². The summed E-state index contributed by atoms with van der Waals surface area (Å²) in [5.41, 5.74) is 9.66. The summed E-state index contributed by atoms with van der Waals surface area (Å²) in [5.74, 6) is 1.67. The topological polar surface area (TPSA) is 78.1 Å². The van der Waals surface area contributed by atoms with Crippen LogP contribution in [0.3, 0.4) is 0 Å². The first-order valence-corrected chi connectivity index (χ1v) is 16.8. The number of fused-ring (bicyclic) bond motifs is 9. The monoisotopic (exact) mass is 655 g/mol. The summed E-state index contributed by atoms with van der Waals surface area (Å²) < 4.78 is 18.9. The van der Waals surface area contributed by atoms with Crippen molar-refractivity contribution in [1.82, 2.24) is 15.0 Å². The fourth-order valence-corrected chi connectivity index (χ4v) is 7.27. The molecule has 4 aromatic heterocycles. The molecule has 0 spiro atoms. The predicted molar refractivity (Wildman–Crippen MR) is 203 cm³/mol. The molecule has 6 heteroatoms. The SMILES string of the molecule is c1ccc(-c2nc(-c3ccc4c(c3)oc3ccccc34)nc(-c3cccc4c3oc3ccc(-c5ccc6oc7ccccc7c6c5)cc34)n2)cc1. The van der Waals surface area contributed by atoms with Crippen molar-refractivity contribution in [3.05, 3.63) is 152 Å². The van der Waals surface area contributed by atoms with Gasteiger partial charge < -0.3 is 13.3 Å². The maximum Gasteiger partial charge on any atom is 0.167 e. The van der Waals surface area contributed by atoms with E-state index in [0.717, 1.165) is 93.6 Å². The molecule has 0 saturated carbocycles. The highest BCUT2D eigenvalue weighted by molar-refractivity contribution is 6.11. The summed E-state index contributed by atoms with van der Waals surface area (Å²) in [4.78, 5) is 15.0. The Balaban J connectivity index is 1.07. The lowest BCUT2D eigenvalue weighted by molar-refractivity contribution is 0.668. The van der Waals surface area contributed by atoms with Crippen LogP contribution in [0.15, 0.2) is 165 Å². The van der Waals surface area contributed by atoms with Crippen LogP contribution in [-0.2, 0) is 0 Å². The van der Waals surface area contributed by atoms with E-state index in [1.807, 2.05) is 97.1 Å². The smallest absolute Gasteiger partial charge is 0.167 e. The molecular formula is C45H25N3O3. The molecule has 6 nitrogen and oxygen atoms in total. The van der Waals surface area contributed by atoms with Crippen LogP contribution < -0.4 is 0 Å². The second-order valence-corrected chi connectivity index (χ2v) is 12.8. The number of para-hydroxylation sites is 3. The van der Waals surface area contributed by atoms with Gasteiger partial charge in [-0.05, 0) is 65.7 Å². The van der Waals surface area contributed by atoms with Crippen LogP contribution in [-0.4, -0.2) is 15.0 Å². The highest BCUT2D eigenvalue weighted by Gasteiger charge is 2.19.